The lowest BCUT2D eigenvalue weighted by Crippen LogP contribution is -2.14. The Labute approximate surface area is 92.4 Å². The number of ether oxygens (including phenoxy) is 1. The van der Waals surface area contributed by atoms with Crippen LogP contribution in [0.1, 0.15) is 17.2 Å². The predicted molar refractivity (Wildman–Crippen MR) is 57.8 cm³/mol. The third-order valence-electron chi connectivity index (χ3n) is 2.46. The molecule has 0 aliphatic carbocycles. The average molecular weight is 224 g/mol. The van der Waals surface area contributed by atoms with Crippen molar-refractivity contribution in [1.29, 1.82) is 0 Å². The van der Waals surface area contributed by atoms with Crippen molar-refractivity contribution in [2.24, 2.45) is 0 Å². The highest BCUT2D eigenvalue weighted by Crippen LogP contribution is 2.37. The average Bonchev–Trinajstić information content (AvgIpc) is 2.74. The zero-order chi connectivity index (χ0) is 10.8. The van der Waals surface area contributed by atoms with E-state index in [0.29, 0.717) is 5.56 Å². The van der Waals surface area contributed by atoms with E-state index in [4.69, 9.17) is 0 Å². The standard InChI is InChI=1S/C11H12O3S/c1-14-11(13)9(12)8-4-2-3-7-5-6-15-10(7)8/h2-4,9,12H,5-6H2,1H3. The van der Waals surface area contributed by atoms with Crippen molar-refractivity contribution in [3.05, 3.63) is 29.3 Å². The normalized spacial score (nSPS) is 15.9. The number of esters is 1. The molecule has 1 aliphatic rings. The van der Waals surface area contributed by atoms with Gasteiger partial charge in [0.15, 0.2) is 6.10 Å². The van der Waals surface area contributed by atoms with Crippen molar-refractivity contribution in [1.82, 2.24) is 0 Å². The first-order chi connectivity index (χ1) is 7.24. The number of hydrogen-bond acceptors (Lipinski definition) is 4. The van der Waals surface area contributed by atoms with Crippen LogP contribution in [-0.4, -0.2) is 23.9 Å². The number of aliphatic hydroxyl groups excluding tert-OH is 1. The monoisotopic (exact) mass is 224 g/mol. The van der Waals surface area contributed by atoms with Gasteiger partial charge in [0.05, 0.1) is 7.11 Å². The number of aryl methyl sites for hydroxylation is 1. The van der Waals surface area contributed by atoms with Crippen molar-refractivity contribution in [3.63, 3.8) is 0 Å². The molecular weight excluding hydrogens is 212 g/mol. The Morgan fingerprint density at radius 2 is 2.40 bits per heavy atom. The Balaban J connectivity index is 2.36. The maximum Gasteiger partial charge on any atom is 0.339 e. The first-order valence-corrected chi connectivity index (χ1v) is 5.73. The van der Waals surface area contributed by atoms with Crippen LogP contribution in [0.3, 0.4) is 0 Å². The molecule has 0 amide bonds. The van der Waals surface area contributed by atoms with Crippen LogP contribution in [0.2, 0.25) is 0 Å². The third-order valence-corrected chi connectivity index (χ3v) is 3.66. The summed E-state index contributed by atoms with van der Waals surface area (Å²) in [6.45, 7) is 0. The van der Waals surface area contributed by atoms with Crippen LogP contribution in [0.25, 0.3) is 0 Å². The summed E-state index contributed by atoms with van der Waals surface area (Å²) in [4.78, 5) is 12.3. The summed E-state index contributed by atoms with van der Waals surface area (Å²) in [5, 5.41) is 9.77. The molecule has 0 radical (unpaired) electrons. The number of carbonyl (C=O) groups is 1. The van der Waals surface area contributed by atoms with Crippen LogP contribution in [0.5, 0.6) is 0 Å². The van der Waals surface area contributed by atoms with E-state index in [2.05, 4.69) is 4.74 Å². The summed E-state index contributed by atoms with van der Waals surface area (Å²) in [7, 11) is 1.28. The zero-order valence-electron chi connectivity index (χ0n) is 8.40. The molecule has 0 saturated carbocycles. The van der Waals surface area contributed by atoms with Crippen LogP contribution in [0.4, 0.5) is 0 Å². The van der Waals surface area contributed by atoms with E-state index in [1.165, 1.54) is 12.7 Å². The zero-order valence-corrected chi connectivity index (χ0v) is 9.21. The summed E-state index contributed by atoms with van der Waals surface area (Å²) in [6, 6.07) is 5.67. The number of methoxy groups -OCH3 is 1. The van der Waals surface area contributed by atoms with Gasteiger partial charge in [-0.3, -0.25) is 0 Å². The highest BCUT2D eigenvalue weighted by molar-refractivity contribution is 7.99. The lowest BCUT2D eigenvalue weighted by atomic mass is 10.0. The van der Waals surface area contributed by atoms with Crippen LogP contribution in [0, 0.1) is 0 Å². The molecule has 1 aromatic rings. The predicted octanol–water partition coefficient (Wildman–Crippen LogP) is 1.54. The van der Waals surface area contributed by atoms with Gasteiger partial charge in [-0.2, -0.15) is 0 Å². The van der Waals surface area contributed by atoms with Gasteiger partial charge in [-0.15, -0.1) is 11.8 Å². The quantitative estimate of drug-likeness (QED) is 0.774. The number of fused-ring (bicyclic) bond motifs is 1. The molecule has 1 unspecified atom stereocenters. The van der Waals surface area contributed by atoms with E-state index in [-0.39, 0.29) is 0 Å². The first-order valence-electron chi connectivity index (χ1n) is 4.74. The van der Waals surface area contributed by atoms with Gasteiger partial charge in [-0.05, 0) is 12.0 Å². The molecule has 4 heteroatoms. The SMILES string of the molecule is COC(=O)C(O)c1cccc2c1SCC2. The fraction of sp³-hybridized carbons (Fsp3) is 0.364. The topological polar surface area (TPSA) is 46.5 Å². The van der Waals surface area contributed by atoms with Gasteiger partial charge in [-0.1, -0.05) is 18.2 Å². The number of aliphatic hydroxyl groups is 1. The third kappa shape index (κ3) is 1.87. The molecule has 80 valence electrons. The van der Waals surface area contributed by atoms with Crippen LogP contribution in [-0.2, 0) is 16.0 Å². The van der Waals surface area contributed by atoms with E-state index in [1.54, 1.807) is 17.8 Å². The van der Waals surface area contributed by atoms with Gasteiger partial charge in [0.2, 0.25) is 0 Å². The summed E-state index contributed by atoms with van der Waals surface area (Å²) < 4.78 is 4.53. The first kappa shape index (κ1) is 10.5. The maximum absolute atomic E-state index is 11.2. The van der Waals surface area contributed by atoms with Crippen molar-refractivity contribution in [2.75, 3.05) is 12.9 Å². The van der Waals surface area contributed by atoms with Gasteiger partial charge in [0, 0.05) is 16.2 Å². The Morgan fingerprint density at radius 3 is 3.13 bits per heavy atom. The van der Waals surface area contributed by atoms with Crippen molar-refractivity contribution < 1.29 is 14.6 Å². The number of carbonyl (C=O) groups excluding carboxylic acids is 1. The molecule has 1 N–H and O–H groups in total. The van der Waals surface area contributed by atoms with Crippen molar-refractivity contribution in [3.8, 4) is 0 Å². The molecule has 0 saturated heterocycles. The molecule has 1 aliphatic heterocycles. The van der Waals surface area contributed by atoms with Crippen LogP contribution < -0.4 is 0 Å². The van der Waals surface area contributed by atoms with E-state index in [0.717, 1.165) is 17.1 Å². The van der Waals surface area contributed by atoms with Crippen molar-refractivity contribution >= 4 is 17.7 Å². The molecule has 0 fully saturated rings. The maximum atomic E-state index is 11.2. The number of thioether (sulfide) groups is 1. The lowest BCUT2D eigenvalue weighted by Gasteiger charge is -2.12. The van der Waals surface area contributed by atoms with E-state index >= 15 is 0 Å². The Kier molecular flexibility index (Phi) is 2.98. The Morgan fingerprint density at radius 1 is 1.60 bits per heavy atom. The lowest BCUT2D eigenvalue weighted by molar-refractivity contribution is -0.150. The minimum Gasteiger partial charge on any atom is -0.467 e. The molecule has 2 rings (SSSR count). The minimum atomic E-state index is -1.16. The number of rotatable bonds is 2. The Hall–Kier alpha value is -1.00. The molecule has 0 spiro atoms. The Bertz CT molecular complexity index is 389. The van der Waals surface area contributed by atoms with Gasteiger partial charge < -0.3 is 9.84 Å². The fourth-order valence-electron chi connectivity index (χ4n) is 1.69. The molecule has 0 aromatic heterocycles. The number of hydrogen-bond donors (Lipinski definition) is 1. The van der Waals surface area contributed by atoms with E-state index < -0.39 is 12.1 Å². The van der Waals surface area contributed by atoms with E-state index in [9.17, 15) is 9.90 Å². The summed E-state index contributed by atoms with van der Waals surface area (Å²) in [5.41, 5.74) is 1.88. The van der Waals surface area contributed by atoms with Gasteiger partial charge >= 0.3 is 5.97 Å². The molecule has 1 atom stereocenters. The smallest absolute Gasteiger partial charge is 0.339 e. The fourth-order valence-corrected chi connectivity index (χ4v) is 2.92. The molecule has 3 nitrogen and oxygen atoms in total. The highest BCUT2D eigenvalue weighted by atomic mass is 32.2. The summed E-state index contributed by atoms with van der Waals surface area (Å²) in [6.07, 6.45) is -0.155. The molecule has 1 heterocycles. The van der Waals surface area contributed by atoms with Gasteiger partial charge in [-0.25, -0.2) is 4.79 Å². The number of benzene rings is 1. The van der Waals surface area contributed by atoms with Crippen molar-refractivity contribution in [2.45, 2.75) is 17.4 Å². The summed E-state index contributed by atoms with van der Waals surface area (Å²) in [5.74, 6) is 0.413. The van der Waals surface area contributed by atoms with E-state index in [1.807, 2.05) is 12.1 Å². The minimum absolute atomic E-state index is 0.601. The molecule has 0 bridgehead atoms. The van der Waals surface area contributed by atoms with Gasteiger partial charge in [0.25, 0.3) is 0 Å². The molecule has 1 aromatic carbocycles. The second kappa shape index (κ2) is 4.24. The summed E-state index contributed by atoms with van der Waals surface area (Å²) >= 11 is 1.68. The second-order valence-electron chi connectivity index (χ2n) is 3.36. The molecular formula is C11H12O3S. The van der Waals surface area contributed by atoms with Crippen LogP contribution >= 0.6 is 11.8 Å². The highest BCUT2D eigenvalue weighted by Gasteiger charge is 2.24. The van der Waals surface area contributed by atoms with Crippen LogP contribution in [0.15, 0.2) is 23.1 Å². The van der Waals surface area contributed by atoms with Gasteiger partial charge in [0.1, 0.15) is 0 Å². The largest absolute Gasteiger partial charge is 0.467 e. The molecule has 15 heavy (non-hydrogen) atoms. The second-order valence-corrected chi connectivity index (χ2v) is 4.46.